The summed E-state index contributed by atoms with van der Waals surface area (Å²) in [6, 6.07) is 13.9. The summed E-state index contributed by atoms with van der Waals surface area (Å²) in [7, 11) is 0. The Hall–Kier alpha value is -2.34. The molecule has 1 aromatic heterocycles. The highest BCUT2D eigenvalue weighted by Crippen LogP contribution is 2.11. The van der Waals surface area contributed by atoms with E-state index >= 15 is 0 Å². The van der Waals surface area contributed by atoms with Gasteiger partial charge < -0.3 is 0 Å². The standard InChI is InChI=1S/C15H10BrN3O2/c16-11-7-5-10(6-8-11)14(20)9-19-15(21)12-3-1-2-4-13(12)17-18-19/h1-8H,9H2. The molecule has 21 heavy (non-hydrogen) atoms. The molecule has 0 atom stereocenters. The van der Waals surface area contributed by atoms with Crippen molar-refractivity contribution < 1.29 is 4.79 Å². The predicted octanol–water partition coefficient (Wildman–Crippen LogP) is 2.44. The molecule has 104 valence electrons. The zero-order chi connectivity index (χ0) is 14.8. The summed E-state index contributed by atoms with van der Waals surface area (Å²) in [5.74, 6) is -0.186. The predicted molar refractivity (Wildman–Crippen MR) is 82.3 cm³/mol. The Morgan fingerprint density at radius 1 is 1.10 bits per heavy atom. The van der Waals surface area contributed by atoms with Crippen LogP contribution in [0.5, 0.6) is 0 Å². The molecule has 0 saturated carbocycles. The molecule has 0 saturated heterocycles. The number of ketones is 1. The Bertz CT molecular complexity index is 872. The third-order valence-corrected chi connectivity index (χ3v) is 3.62. The van der Waals surface area contributed by atoms with E-state index in [1.807, 2.05) is 0 Å². The number of rotatable bonds is 3. The number of hydrogen-bond acceptors (Lipinski definition) is 4. The molecular weight excluding hydrogens is 334 g/mol. The molecule has 5 nitrogen and oxygen atoms in total. The van der Waals surface area contributed by atoms with Gasteiger partial charge in [-0.1, -0.05) is 45.4 Å². The van der Waals surface area contributed by atoms with Crippen LogP contribution in [0.25, 0.3) is 10.9 Å². The van der Waals surface area contributed by atoms with Crippen LogP contribution in [0, 0.1) is 0 Å². The molecule has 0 fully saturated rings. The number of Topliss-reactive ketones (excluding diaryl/α,β-unsaturated/α-hetero) is 1. The molecule has 0 aliphatic heterocycles. The van der Waals surface area contributed by atoms with Gasteiger partial charge in [0.1, 0.15) is 12.1 Å². The Morgan fingerprint density at radius 2 is 1.81 bits per heavy atom. The lowest BCUT2D eigenvalue weighted by atomic mass is 10.1. The minimum absolute atomic E-state index is 0.127. The highest BCUT2D eigenvalue weighted by atomic mass is 79.9. The van der Waals surface area contributed by atoms with Crippen molar-refractivity contribution in [2.24, 2.45) is 0 Å². The van der Waals surface area contributed by atoms with Gasteiger partial charge in [-0.2, -0.15) is 0 Å². The Morgan fingerprint density at radius 3 is 2.57 bits per heavy atom. The monoisotopic (exact) mass is 343 g/mol. The van der Waals surface area contributed by atoms with E-state index in [-0.39, 0.29) is 17.9 Å². The van der Waals surface area contributed by atoms with Crippen LogP contribution in [0.4, 0.5) is 0 Å². The van der Waals surface area contributed by atoms with Crippen LogP contribution in [0.1, 0.15) is 10.4 Å². The number of carbonyl (C=O) groups is 1. The van der Waals surface area contributed by atoms with Gasteiger partial charge in [-0.25, -0.2) is 4.68 Å². The number of benzene rings is 2. The summed E-state index contributed by atoms with van der Waals surface area (Å²) in [5.41, 5.74) is 0.737. The van der Waals surface area contributed by atoms with Crippen molar-refractivity contribution >= 4 is 32.6 Å². The number of carbonyl (C=O) groups excluding carboxylic acids is 1. The highest BCUT2D eigenvalue weighted by molar-refractivity contribution is 9.10. The van der Waals surface area contributed by atoms with Crippen molar-refractivity contribution in [1.82, 2.24) is 15.0 Å². The largest absolute Gasteiger partial charge is 0.292 e. The number of fused-ring (bicyclic) bond motifs is 1. The summed E-state index contributed by atoms with van der Waals surface area (Å²) in [5, 5.41) is 8.22. The highest BCUT2D eigenvalue weighted by Gasteiger charge is 2.11. The van der Waals surface area contributed by atoms with Crippen LogP contribution in [-0.2, 0) is 6.54 Å². The Labute approximate surface area is 128 Å². The third-order valence-electron chi connectivity index (χ3n) is 3.09. The van der Waals surface area contributed by atoms with Gasteiger partial charge in [0.25, 0.3) is 5.56 Å². The number of halogens is 1. The van der Waals surface area contributed by atoms with Crippen LogP contribution in [-0.4, -0.2) is 20.8 Å². The lowest BCUT2D eigenvalue weighted by molar-refractivity contribution is 0.0964. The molecule has 0 N–H and O–H groups in total. The van der Waals surface area contributed by atoms with Crippen LogP contribution in [0.2, 0.25) is 0 Å². The molecule has 0 radical (unpaired) electrons. The van der Waals surface area contributed by atoms with E-state index in [1.165, 1.54) is 0 Å². The molecule has 6 heteroatoms. The maximum absolute atomic E-state index is 12.3. The van der Waals surface area contributed by atoms with E-state index in [2.05, 4.69) is 26.2 Å². The molecule has 2 aromatic carbocycles. The summed E-state index contributed by atoms with van der Waals surface area (Å²) >= 11 is 3.31. The molecule has 3 aromatic rings. The van der Waals surface area contributed by atoms with Gasteiger partial charge in [0, 0.05) is 10.0 Å². The second kappa shape index (κ2) is 5.57. The normalized spacial score (nSPS) is 10.7. The average Bonchev–Trinajstić information content (AvgIpc) is 2.51. The number of aromatic nitrogens is 3. The fourth-order valence-corrected chi connectivity index (χ4v) is 2.25. The Balaban J connectivity index is 1.95. The van der Waals surface area contributed by atoms with Crippen LogP contribution in [0.15, 0.2) is 57.8 Å². The van der Waals surface area contributed by atoms with E-state index in [9.17, 15) is 9.59 Å². The molecular formula is C15H10BrN3O2. The molecule has 0 spiro atoms. The van der Waals surface area contributed by atoms with Gasteiger partial charge in [0.2, 0.25) is 0 Å². The summed E-state index contributed by atoms with van der Waals surface area (Å²) < 4.78 is 1.98. The van der Waals surface area contributed by atoms with Gasteiger partial charge >= 0.3 is 0 Å². The quantitative estimate of drug-likeness (QED) is 0.685. The van der Waals surface area contributed by atoms with E-state index < -0.39 is 0 Å². The first kappa shape index (κ1) is 13.6. The average molecular weight is 344 g/mol. The van der Waals surface area contributed by atoms with Gasteiger partial charge in [-0.05, 0) is 24.3 Å². The van der Waals surface area contributed by atoms with E-state index in [1.54, 1.807) is 48.5 Å². The molecule has 0 amide bonds. The maximum Gasteiger partial charge on any atom is 0.278 e. The van der Waals surface area contributed by atoms with Crippen molar-refractivity contribution in [3.05, 3.63) is 68.9 Å². The Kier molecular flexibility index (Phi) is 3.62. The second-order valence-corrected chi connectivity index (χ2v) is 5.42. The van der Waals surface area contributed by atoms with Gasteiger partial charge in [-0.15, -0.1) is 5.10 Å². The lowest BCUT2D eigenvalue weighted by Gasteiger charge is -2.04. The van der Waals surface area contributed by atoms with Gasteiger partial charge in [-0.3, -0.25) is 9.59 Å². The fraction of sp³-hybridized carbons (Fsp3) is 0.0667. The fourth-order valence-electron chi connectivity index (χ4n) is 1.99. The van der Waals surface area contributed by atoms with E-state index in [0.29, 0.717) is 16.5 Å². The SMILES string of the molecule is O=C(Cn1nnc2ccccc2c1=O)c1ccc(Br)cc1. The zero-order valence-corrected chi connectivity index (χ0v) is 12.4. The first-order chi connectivity index (χ1) is 10.1. The van der Waals surface area contributed by atoms with Crippen LogP contribution >= 0.6 is 15.9 Å². The van der Waals surface area contributed by atoms with Gasteiger partial charge in [0.05, 0.1) is 5.39 Å². The second-order valence-electron chi connectivity index (χ2n) is 4.50. The van der Waals surface area contributed by atoms with Crippen molar-refractivity contribution in [3.8, 4) is 0 Å². The molecule has 0 aliphatic rings. The topological polar surface area (TPSA) is 64.8 Å². The van der Waals surface area contributed by atoms with Crippen molar-refractivity contribution in [2.45, 2.75) is 6.54 Å². The maximum atomic E-state index is 12.3. The zero-order valence-electron chi connectivity index (χ0n) is 10.9. The van der Waals surface area contributed by atoms with Crippen molar-refractivity contribution in [1.29, 1.82) is 0 Å². The lowest BCUT2D eigenvalue weighted by Crippen LogP contribution is -2.27. The van der Waals surface area contributed by atoms with Gasteiger partial charge in [0.15, 0.2) is 5.78 Å². The summed E-state index contributed by atoms with van der Waals surface area (Å²) in [6.45, 7) is -0.127. The molecule has 0 bridgehead atoms. The molecule has 3 rings (SSSR count). The van der Waals surface area contributed by atoms with Crippen LogP contribution < -0.4 is 5.56 Å². The first-order valence-electron chi connectivity index (χ1n) is 6.26. The van der Waals surface area contributed by atoms with E-state index in [0.717, 1.165) is 9.15 Å². The van der Waals surface area contributed by atoms with Crippen molar-refractivity contribution in [3.63, 3.8) is 0 Å². The summed E-state index contributed by atoms with van der Waals surface area (Å²) in [4.78, 5) is 24.4. The minimum atomic E-state index is -0.314. The number of hydrogen-bond donors (Lipinski definition) is 0. The smallest absolute Gasteiger partial charge is 0.278 e. The number of nitrogens with zero attached hydrogens (tertiary/aromatic N) is 3. The molecule has 0 aliphatic carbocycles. The first-order valence-corrected chi connectivity index (χ1v) is 7.06. The van der Waals surface area contributed by atoms with Crippen molar-refractivity contribution in [2.75, 3.05) is 0 Å². The molecule has 0 unspecified atom stereocenters. The molecule has 1 heterocycles. The third kappa shape index (κ3) is 2.75. The minimum Gasteiger partial charge on any atom is -0.292 e. The summed E-state index contributed by atoms with van der Waals surface area (Å²) in [6.07, 6.45) is 0. The van der Waals surface area contributed by atoms with Crippen LogP contribution in [0.3, 0.4) is 0 Å². The van der Waals surface area contributed by atoms with E-state index in [4.69, 9.17) is 0 Å².